The second-order valence-corrected chi connectivity index (χ2v) is 8.62. The van der Waals surface area contributed by atoms with E-state index in [1.165, 1.54) is 6.20 Å². The van der Waals surface area contributed by atoms with Crippen molar-refractivity contribution in [1.29, 1.82) is 0 Å². The summed E-state index contributed by atoms with van der Waals surface area (Å²) < 4.78 is 22.3. The summed E-state index contributed by atoms with van der Waals surface area (Å²) >= 11 is 0. The molecule has 0 aliphatic carbocycles. The van der Waals surface area contributed by atoms with Gasteiger partial charge in [-0.3, -0.25) is 14.5 Å². The molecule has 0 saturated carbocycles. The predicted octanol–water partition coefficient (Wildman–Crippen LogP) is 4.64. The molecular formula is C26H28FN5O2. The number of hydrogen-bond acceptors (Lipinski definition) is 5. The maximum absolute atomic E-state index is 14.3. The van der Waals surface area contributed by atoms with Crippen molar-refractivity contribution in [3.8, 4) is 17.0 Å². The highest BCUT2D eigenvalue weighted by Gasteiger charge is 2.17. The van der Waals surface area contributed by atoms with Crippen LogP contribution in [0.3, 0.4) is 0 Å². The van der Waals surface area contributed by atoms with Crippen LogP contribution in [0.15, 0.2) is 42.7 Å². The summed E-state index contributed by atoms with van der Waals surface area (Å²) in [6.45, 7) is 7.56. The number of nitrogens with zero attached hydrogens (tertiary/aromatic N) is 4. The van der Waals surface area contributed by atoms with Gasteiger partial charge in [0.25, 0.3) is 0 Å². The summed E-state index contributed by atoms with van der Waals surface area (Å²) in [5.41, 5.74) is 5.18. The fraction of sp³-hybridized carbons (Fsp3) is 0.308. The van der Waals surface area contributed by atoms with E-state index in [0.717, 1.165) is 27.9 Å². The van der Waals surface area contributed by atoms with Crippen molar-refractivity contribution in [1.82, 2.24) is 25.1 Å². The summed E-state index contributed by atoms with van der Waals surface area (Å²) in [7, 11) is 1.90. The van der Waals surface area contributed by atoms with Gasteiger partial charge in [-0.05, 0) is 37.6 Å². The number of amides is 1. The second kappa shape index (κ2) is 9.59. The zero-order chi connectivity index (χ0) is 24.4. The highest BCUT2D eigenvalue weighted by molar-refractivity contribution is 5.97. The number of fused-ring (bicyclic) bond motifs is 1. The number of ether oxygens (including phenoxy) is 1. The lowest BCUT2D eigenvalue weighted by Gasteiger charge is -2.16. The molecule has 7 nitrogen and oxygen atoms in total. The van der Waals surface area contributed by atoms with E-state index in [0.29, 0.717) is 22.6 Å². The normalized spacial score (nSPS) is 11.3. The molecule has 0 aliphatic heterocycles. The van der Waals surface area contributed by atoms with E-state index in [1.54, 1.807) is 13.1 Å². The van der Waals surface area contributed by atoms with Crippen LogP contribution in [-0.4, -0.2) is 25.7 Å². The molecule has 0 atom stereocenters. The van der Waals surface area contributed by atoms with Crippen LogP contribution < -0.4 is 10.1 Å². The number of hydrogen-bond donors (Lipinski definition) is 1. The smallest absolute Gasteiger partial charge is 0.222 e. The molecule has 0 radical (unpaired) electrons. The summed E-state index contributed by atoms with van der Waals surface area (Å²) in [6, 6.07) is 9.75. The lowest BCUT2D eigenvalue weighted by molar-refractivity contribution is -0.124. The van der Waals surface area contributed by atoms with Crippen LogP contribution in [0.4, 0.5) is 4.39 Å². The number of aromatic nitrogens is 4. The van der Waals surface area contributed by atoms with Crippen LogP contribution >= 0.6 is 0 Å². The molecule has 34 heavy (non-hydrogen) atoms. The molecule has 4 aromatic rings. The van der Waals surface area contributed by atoms with Crippen molar-refractivity contribution >= 4 is 16.8 Å². The van der Waals surface area contributed by atoms with Crippen LogP contribution in [0.5, 0.6) is 5.75 Å². The predicted molar refractivity (Wildman–Crippen MR) is 129 cm³/mol. The number of benzene rings is 1. The molecule has 176 valence electrons. The number of halogens is 1. The van der Waals surface area contributed by atoms with Gasteiger partial charge >= 0.3 is 0 Å². The van der Waals surface area contributed by atoms with Crippen molar-refractivity contribution in [3.63, 3.8) is 0 Å². The van der Waals surface area contributed by atoms with Crippen LogP contribution in [0.25, 0.3) is 22.2 Å². The lowest BCUT2D eigenvalue weighted by Crippen LogP contribution is -2.28. The number of carbonyl (C=O) groups is 1. The van der Waals surface area contributed by atoms with Gasteiger partial charge in [-0.15, -0.1) is 0 Å². The van der Waals surface area contributed by atoms with Gasteiger partial charge in [0.05, 0.1) is 24.1 Å². The van der Waals surface area contributed by atoms with E-state index >= 15 is 0 Å². The fourth-order valence-corrected chi connectivity index (χ4v) is 3.86. The third kappa shape index (κ3) is 4.62. The standard InChI is InChI=1S/C26H28FN5O2/c1-15(2)26(33)29-13-22-20(17(4)21(27)12-28-22)14-34-24-8-6-7-18-19(11-16(3)31-25(18)24)23-9-10-30-32(23)5/h6-12,15H,13-14H2,1-5H3,(H,29,33). The SMILES string of the molecule is Cc1cc(-c2ccnn2C)c2cccc(OCc3c(CNC(=O)C(C)C)ncc(F)c3C)c2n1. The molecule has 8 heteroatoms. The zero-order valence-electron chi connectivity index (χ0n) is 20.0. The fourth-order valence-electron chi connectivity index (χ4n) is 3.86. The third-order valence-electron chi connectivity index (χ3n) is 5.85. The highest BCUT2D eigenvalue weighted by atomic mass is 19.1. The van der Waals surface area contributed by atoms with Gasteiger partial charge in [-0.1, -0.05) is 26.0 Å². The Morgan fingerprint density at radius 3 is 2.74 bits per heavy atom. The van der Waals surface area contributed by atoms with Crippen LogP contribution in [0.1, 0.15) is 36.4 Å². The minimum absolute atomic E-state index is 0.0907. The molecule has 0 fully saturated rings. The first kappa shape index (κ1) is 23.4. The average molecular weight is 462 g/mol. The van der Waals surface area contributed by atoms with Gasteiger partial charge in [0.15, 0.2) is 0 Å². The minimum atomic E-state index is -0.414. The third-order valence-corrected chi connectivity index (χ3v) is 5.85. The van der Waals surface area contributed by atoms with Crippen molar-refractivity contribution < 1.29 is 13.9 Å². The molecule has 0 spiro atoms. The average Bonchev–Trinajstić information content (AvgIpc) is 3.24. The van der Waals surface area contributed by atoms with Gasteiger partial charge in [0, 0.05) is 41.4 Å². The molecule has 0 aliphatic rings. The number of para-hydroxylation sites is 1. The van der Waals surface area contributed by atoms with Gasteiger partial charge < -0.3 is 10.1 Å². The number of rotatable bonds is 7. The summed E-state index contributed by atoms with van der Waals surface area (Å²) in [6.07, 6.45) is 2.94. The summed E-state index contributed by atoms with van der Waals surface area (Å²) in [4.78, 5) is 21.0. The van der Waals surface area contributed by atoms with E-state index in [1.807, 2.05) is 62.8 Å². The van der Waals surface area contributed by atoms with Gasteiger partial charge in [0.2, 0.25) is 5.91 Å². The molecular weight excluding hydrogens is 433 g/mol. The van der Waals surface area contributed by atoms with Crippen LogP contribution in [0, 0.1) is 25.6 Å². The quantitative estimate of drug-likeness (QED) is 0.434. The van der Waals surface area contributed by atoms with Gasteiger partial charge in [-0.25, -0.2) is 9.37 Å². The molecule has 3 aromatic heterocycles. The van der Waals surface area contributed by atoms with Crippen molar-refractivity contribution in [3.05, 3.63) is 71.1 Å². The van der Waals surface area contributed by atoms with E-state index in [2.05, 4.69) is 15.4 Å². The van der Waals surface area contributed by atoms with Crippen molar-refractivity contribution in [2.24, 2.45) is 13.0 Å². The molecule has 3 heterocycles. The topological polar surface area (TPSA) is 81.9 Å². The van der Waals surface area contributed by atoms with Gasteiger partial charge in [-0.2, -0.15) is 5.10 Å². The van der Waals surface area contributed by atoms with Crippen molar-refractivity contribution in [2.75, 3.05) is 0 Å². The largest absolute Gasteiger partial charge is 0.487 e. The van der Waals surface area contributed by atoms with E-state index in [4.69, 9.17) is 9.72 Å². The van der Waals surface area contributed by atoms with Crippen LogP contribution in [-0.2, 0) is 25.0 Å². The monoisotopic (exact) mass is 461 g/mol. The first-order valence-electron chi connectivity index (χ1n) is 11.2. The Morgan fingerprint density at radius 2 is 2.03 bits per heavy atom. The molecule has 0 saturated heterocycles. The molecule has 1 aromatic carbocycles. The molecule has 0 bridgehead atoms. The van der Waals surface area contributed by atoms with Gasteiger partial charge in [0.1, 0.15) is 23.7 Å². The highest BCUT2D eigenvalue weighted by Crippen LogP contribution is 2.33. The number of carbonyl (C=O) groups excluding carboxylic acids is 1. The molecule has 1 amide bonds. The molecule has 1 N–H and O–H groups in total. The van der Waals surface area contributed by atoms with Crippen molar-refractivity contribution in [2.45, 2.75) is 40.8 Å². The van der Waals surface area contributed by atoms with E-state index in [9.17, 15) is 9.18 Å². The van der Waals surface area contributed by atoms with E-state index < -0.39 is 5.82 Å². The Hall–Kier alpha value is -3.81. The Labute approximate surface area is 198 Å². The second-order valence-electron chi connectivity index (χ2n) is 8.62. The Bertz CT molecular complexity index is 1360. The molecule has 4 rings (SSSR count). The summed E-state index contributed by atoms with van der Waals surface area (Å²) in [5.74, 6) is -0.0692. The maximum Gasteiger partial charge on any atom is 0.222 e. The Morgan fingerprint density at radius 1 is 1.24 bits per heavy atom. The first-order valence-corrected chi connectivity index (χ1v) is 11.2. The number of pyridine rings is 2. The van der Waals surface area contributed by atoms with Crippen LogP contribution in [0.2, 0.25) is 0 Å². The molecule has 0 unspecified atom stereocenters. The zero-order valence-corrected chi connectivity index (χ0v) is 20.0. The Balaban J connectivity index is 1.68. The summed E-state index contributed by atoms with van der Waals surface area (Å²) in [5, 5.41) is 8.07. The lowest BCUT2D eigenvalue weighted by atomic mass is 10.0. The number of aryl methyl sites for hydroxylation is 2. The first-order chi connectivity index (χ1) is 16.3. The minimum Gasteiger partial charge on any atom is -0.487 e. The maximum atomic E-state index is 14.3. The number of nitrogens with one attached hydrogen (secondary N) is 1. The van der Waals surface area contributed by atoms with E-state index in [-0.39, 0.29) is 25.0 Å². The Kier molecular flexibility index (Phi) is 6.58.